The summed E-state index contributed by atoms with van der Waals surface area (Å²) in [6.07, 6.45) is 4.42. The summed E-state index contributed by atoms with van der Waals surface area (Å²) < 4.78 is 4.96. The van der Waals surface area contributed by atoms with Crippen LogP contribution in [0.3, 0.4) is 0 Å². The van der Waals surface area contributed by atoms with Crippen LogP contribution in [0.2, 0.25) is 0 Å². The molecule has 1 aliphatic heterocycles. The van der Waals surface area contributed by atoms with Crippen molar-refractivity contribution in [3.8, 4) is 0 Å². The van der Waals surface area contributed by atoms with Crippen molar-refractivity contribution < 1.29 is 24.3 Å². The normalized spacial score (nSPS) is 26.0. The lowest BCUT2D eigenvalue weighted by Gasteiger charge is -2.29. The van der Waals surface area contributed by atoms with Gasteiger partial charge in [0.05, 0.1) is 12.0 Å². The van der Waals surface area contributed by atoms with Crippen LogP contribution in [0.5, 0.6) is 0 Å². The minimum Gasteiger partial charge on any atom is -0.512 e. The van der Waals surface area contributed by atoms with Crippen LogP contribution in [0.4, 0.5) is 0 Å². The molecule has 6 heteroatoms. The van der Waals surface area contributed by atoms with Gasteiger partial charge >= 0.3 is 5.97 Å². The standard InChI is InChI=1S/C15H21NO5/c1-2-21-16-7-4-3-5-11-12(17)9-15(10-13(11)18)6-8-20-14(15)19/h7,17H,2-6,8-10H2,1H3. The summed E-state index contributed by atoms with van der Waals surface area (Å²) >= 11 is 0. The van der Waals surface area contributed by atoms with Crippen LogP contribution in [0.15, 0.2) is 16.5 Å². The molecular weight excluding hydrogens is 274 g/mol. The maximum atomic E-state index is 12.2. The third-order valence-electron chi connectivity index (χ3n) is 3.97. The summed E-state index contributed by atoms with van der Waals surface area (Å²) in [5.41, 5.74) is -0.369. The lowest BCUT2D eigenvalue weighted by Crippen LogP contribution is -2.34. The Bertz CT molecular complexity index is 482. The van der Waals surface area contributed by atoms with Gasteiger partial charge in [-0.1, -0.05) is 5.16 Å². The van der Waals surface area contributed by atoms with Gasteiger partial charge in [0.2, 0.25) is 0 Å². The van der Waals surface area contributed by atoms with Gasteiger partial charge < -0.3 is 14.7 Å². The van der Waals surface area contributed by atoms with Crippen molar-refractivity contribution >= 4 is 18.0 Å². The van der Waals surface area contributed by atoms with Crippen LogP contribution in [-0.2, 0) is 19.2 Å². The van der Waals surface area contributed by atoms with E-state index in [-0.39, 0.29) is 30.4 Å². The molecule has 0 aromatic rings. The quantitative estimate of drug-likeness (QED) is 0.352. The van der Waals surface area contributed by atoms with Crippen LogP contribution in [0.1, 0.15) is 45.4 Å². The average Bonchev–Trinajstić information content (AvgIpc) is 2.77. The Morgan fingerprint density at radius 3 is 2.86 bits per heavy atom. The highest BCUT2D eigenvalue weighted by molar-refractivity contribution is 6.00. The Morgan fingerprint density at radius 1 is 1.43 bits per heavy atom. The number of unbranched alkanes of at least 4 members (excludes halogenated alkanes) is 1. The van der Waals surface area contributed by atoms with Gasteiger partial charge in [0, 0.05) is 24.6 Å². The summed E-state index contributed by atoms with van der Waals surface area (Å²) in [4.78, 5) is 28.8. The molecule has 1 aliphatic carbocycles. The average molecular weight is 295 g/mol. The first-order valence-corrected chi connectivity index (χ1v) is 7.34. The number of Topliss-reactive ketones (excluding diaryl/α,β-unsaturated/α-hetero) is 1. The number of esters is 1. The fraction of sp³-hybridized carbons (Fsp3) is 0.667. The third kappa shape index (κ3) is 3.43. The first-order valence-electron chi connectivity index (χ1n) is 7.34. The number of carbonyl (C=O) groups is 2. The molecule has 1 atom stereocenters. The molecule has 0 saturated carbocycles. The number of aliphatic hydroxyl groups excluding tert-OH is 1. The van der Waals surface area contributed by atoms with E-state index in [0.29, 0.717) is 44.5 Å². The van der Waals surface area contributed by atoms with E-state index in [1.165, 1.54) is 0 Å². The lowest BCUT2D eigenvalue weighted by atomic mass is 9.72. The van der Waals surface area contributed by atoms with Crippen LogP contribution in [0.25, 0.3) is 0 Å². The molecule has 0 aromatic carbocycles. The fourth-order valence-corrected chi connectivity index (χ4v) is 2.81. The maximum Gasteiger partial charge on any atom is 0.313 e. The van der Waals surface area contributed by atoms with Crippen LogP contribution < -0.4 is 0 Å². The second-order valence-electron chi connectivity index (χ2n) is 5.47. The Kier molecular flexibility index (Phi) is 4.98. The summed E-state index contributed by atoms with van der Waals surface area (Å²) in [6.45, 7) is 2.71. The molecule has 2 rings (SSSR count). The van der Waals surface area contributed by atoms with E-state index in [1.807, 2.05) is 6.92 Å². The molecule has 1 spiro atoms. The van der Waals surface area contributed by atoms with Crippen molar-refractivity contribution in [2.24, 2.45) is 10.6 Å². The second kappa shape index (κ2) is 6.74. The van der Waals surface area contributed by atoms with Gasteiger partial charge in [-0.25, -0.2) is 0 Å². The summed E-state index contributed by atoms with van der Waals surface area (Å²) in [6, 6.07) is 0. The molecule has 0 amide bonds. The molecule has 0 bridgehead atoms. The predicted octanol–water partition coefficient (Wildman–Crippen LogP) is 2.29. The van der Waals surface area contributed by atoms with Gasteiger partial charge in [0.15, 0.2) is 5.78 Å². The van der Waals surface area contributed by atoms with E-state index >= 15 is 0 Å². The Morgan fingerprint density at radius 2 is 2.24 bits per heavy atom. The molecule has 1 fully saturated rings. The number of rotatable bonds is 6. The molecule has 6 nitrogen and oxygen atoms in total. The number of ketones is 1. The molecule has 1 heterocycles. The number of ether oxygens (including phenoxy) is 1. The van der Waals surface area contributed by atoms with E-state index in [1.54, 1.807) is 6.21 Å². The number of aliphatic hydroxyl groups is 1. The van der Waals surface area contributed by atoms with Crippen molar-refractivity contribution in [3.63, 3.8) is 0 Å². The van der Waals surface area contributed by atoms with E-state index < -0.39 is 5.41 Å². The number of cyclic esters (lactones) is 1. The number of hydrogen-bond acceptors (Lipinski definition) is 6. The molecule has 0 aromatic heterocycles. The van der Waals surface area contributed by atoms with Gasteiger partial charge in [0.25, 0.3) is 0 Å². The Hall–Kier alpha value is -1.85. The predicted molar refractivity (Wildman–Crippen MR) is 75.9 cm³/mol. The molecule has 0 radical (unpaired) electrons. The van der Waals surface area contributed by atoms with Gasteiger partial charge in [-0.05, 0) is 32.6 Å². The minimum absolute atomic E-state index is 0.0480. The zero-order valence-electron chi connectivity index (χ0n) is 12.3. The molecule has 1 saturated heterocycles. The number of nitrogens with zero attached hydrogens (tertiary/aromatic N) is 1. The van der Waals surface area contributed by atoms with E-state index in [4.69, 9.17) is 9.57 Å². The summed E-state index contributed by atoms with van der Waals surface area (Å²) in [5, 5.41) is 13.8. The molecule has 2 aliphatic rings. The highest BCUT2D eigenvalue weighted by Gasteiger charge is 2.49. The molecular formula is C15H21NO5. The zero-order chi connectivity index (χ0) is 15.3. The summed E-state index contributed by atoms with van der Waals surface area (Å²) in [7, 11) is 0. The van der Waals surface area contributed by atoms with E-state index in [9.17, 15) is 14.7 Å². The highest BCUT2D eigenvalue weighted by atomic mass is 16.6. The fourth-order valence-electron chi connectivity index (χ4n) is 2.81. The van der Waals surface area contributed by atoms with Crippen molar-refractivity contribution in [1.29, 1.82) is 0 Å². The lowest BCUT2D eigenvalue weighted by molar-refractivity contribution is -0.149. The first kappa shape index (κ1) is 15.5. The van der Waals surface area contributed by atoms with Gasteiger partial charge in [-0.15, -0.1) is 0 Å². The van der Waals surface area contributed by atoms with Gasteiger partial charge in [-0.2, -0.15) is 0 Å². The van der Waals surface area contributed by atoms with E-state index in [2.05, 4.69) is 5.16 Å². The minimum atomic E-state index is -0.818. The molecule has 21 heavy (non-hydrogen) atoms. The van der Waals surface area contributed by atoms with Crippen molar-refractivity contribution in [3.05, 3.63) is 11.3 Å². The molecule has 1 unspecified atom stereocenters. The van der Waals surface area contributed by atoms with Gasteiger partial charge in [0.1, 0.15) is 12.4 Å². The topological polar surface area (TPSA) is 85.2 Å². The number of allylic oxidation sites excluding steroid dienone is 2. The number of oxime groups is 1. The number of hydrogen-bond donors (Lipinski definition) is 1. The van der Waals surface area contributed by atoms with E-state index in [0.717, 1.165) is 0 Å². The van der Waals surface area contributed by atoms with Gasteiger partial charge in [-0.3, -0.25) is 9.59 Å². The summed E-state index contributed by atoms with van der Waals surface area (Å²) in [5.74, 6) is -0.448. The van der Waals surface area contributed by atoms with Crippen LogP contribution in [0, 0.1) is 5.41 Å². The van der Waals surface area contributed by atoms with Crippen molar-refractivity contribution in [2.45, 2.75) is 45.4 Å². The monoisotopic (exact) mass is 295 g/mol. The Balaban J connectivity index is 1.93. The zero-order valence-corrected chi connectivity index (χ0v) is 12.3. The molecule has 1 N–H and O–H groups in total. The second-order valence-corrected chi connectivity index (χ2v) is 5.47. The largest absolute Gasteiger partial charge is 0.512 e. The first-order chi connectivity index (χ1) is 10.1. The molecule has 116 valence electrons. The number of carbonyl (C=O) groups excluding carboxylic acids is 2. The Labute approximate surface area is 123 Å². The van der Waals surface area contributed by atoms with Crippen LogP contribution in [-0.4, -0.2) is 36.3 Å². The highest BCUT2D eigenvalue weighted by Crippen LogP contribution is 2.44. The SMILES string of the molecule is CCON=CCCCC1=C(O)CC2(CCOC2=O)CC1=O. The maximum absolute atomic E-state index is 12.2. The van der Waals surface area contributed by atoms with Crippen molar-refractivity contribution in [2.75, 3.05) is 13.2 Å². The van der Waals surface area contributed by atoms with Crippen LogP contribution >= 0.6 is 0 Å². The third-order valence-corrected chi connectivity index (χ3v) is 3.97. The smallest absolute Gasteiger partial charge is 0.313 e. The van der Waals surface area contributed by atoms with Crippen molar-refractivity contribution in [1.82, 2.24) is 0 Å².